The molecule has 0 bridgehead atoms. The fourth-order valence-electron chi connectivity index (χ4n) is 5.02. The van der Waals surface area contributed by atoms with Crippen LogP contribution in [0.5, 0.6) is 5.75 Å². The molecule has 9 heteroatoms. The maximum atomic E-state index is 15.3. The van der Waals surface area contributed by atoms with Gasteiger partial charge in [0.05, 0.1) is 24.7 Å². The third-order valence-corrected chi connectivity index (χ3v) is 7.14. The van der Waals surface area contributed by atoms with Crippen LogP contribution in [-0.2, 0) is 13.1 Å². The maximum absolute atomic E-state index is 15.3. The van der Waals surface area contributed by atoms with E-state index in [1.165, 1.54) is 18.7 Å². The van der Waals surface area contributed by atoms with Gasteiger partial charge in [0.25, 0.3) is 0 Å². The number of aromatic nitrogens is 4. The lowest BCUT2D eigenvalue weighted by Crippen LogP contribution is -2.46. The summed E-state index contributed by atoms with van der Waals surface area (Å²) >= 11 is 0. The van der Waals surface area contributed by atoms with Gasteiger partial charge in [-0.05, 0) is 23.3 Å². The Bertz CT molecular complexity index is 1580. The highest BCUT2D eigenvalue weighted by Gasteiger charge is 2.25. The first-order chi connectivity index (χ1) is 19.1. The molecule has 1 aliphatic rings. The number of hydrogen-bond donors (Lipinski definition) is 1. The summed E-state index contributed by atoms with van der Waals surface area (Å²) in [5.41, 5.74) is 10.2. The normalized spacial score (nSPS) is 14.2. The van der Waals surface area contributed by atoms with E-state index in [0.717, 1.165) is 38.3 Å². The molecule has 2 aromatic heterocycles. The zero-order valence-electron chi connectivity index (χ0n) is 21.8. The summed E-state index contributed by atoms with van der Waals surface area (Å²) in [5, 5.41) is 5.28. The fraction of sp³-hybridized carbons (Fsp3) is 0.233. The molecule has 198 valence electrons. The second-order valence-corrected chi connectivity index (χ2v) is 9.69. The van der Waals surface area contributed by atoms with Gasteiger partial charge in [-0.3, -0.25) is 4.90 Å². The molecule has 39 heavy (non-hydrogen) atoms. The van der Waals surface area contributed by atoms with Crippen LogP contribution in [-0.4, -0.2) is 57.9 Å². The molecule has 0 radical (unpaired) electrons. The minimum absolute atomic E-state index is 0.332. The highest BCUT2D eigenvalue weighted by Crippen LogP contribution is 2.35. The van der Waals surface area contributed by atoms with E-state index in [1.807, 2.05) is 36.4 Å². The number of nitrogens with zero attached hydrogens (tertiary/aromatic N) is 6. The minimum Gasteiger partial charge on any atom is -0.497 e. The summed E-state index contributed by atoms with van der Waals surface area (Å²) in [6.07, 6.45) is 0. The summed E-state index contributed by atoms with van der Waals surface area (Å²) in [5.74, 6) is 0.919. The number of ether oxygens (including phenoxy) is 1. The molecule has 1 saturated heterocycles. The number of hydrogen-bond acceptors (Lipinski definition) is 7. The van der Waals surface area contributed by atoms with Gasteiger partial charge in [-0.2, -0.15) is 4.98 Å². The number of fused-ring (bicyclic) bond motifs is 1. The molecule has 3 aromatic carbocycles. The van der Waals surface area contributed by atoms with E-state index in [1.54, 1.807) is 16.8 Å². The summed E-state index contributed by atoms with van der Waals surface area (Å²) < 4.78 is 22.3. The molecule has 0 amide bonds. The quantitative estimate of drug-likeness (QED) is 0.334. The largest absolute Gasteiger partial charge is 0.497 e. The number of piperazine rings is 1. The van der Waals surface area contributed by atoms with Gasteiger partial charge in [-0.1, -0.05) is 60.7 Å². The standard InChI is InChI=1S/C30H30FN7O/c1-39-23-12-13-24(25(31)18-23)27-26-28(32)38(20-22-10-6-3-7-11-22)35-29(26)34-30(33-27)37-16-14-36(15-17-37)19-21-8-4-2-5-9-21/h2-13,18H,14-17,19-20,32H2,1H3. The lowest BCUT2D eigenvalue weighted by atomic mass is 10.1. The second kappa shape index (κ2) is 10.7. The van der Waals surface area contributed by atoms with E-state index in [2.05, 4.69) is 34.1 Å². The predicted molar refractivity (Wildman–Crippen MR) is 151 cm³/mol. The average Bonchev–Trinajstić information content (AvgIpc) is 3.28. The number of nitrogens with two attached hydrogens (primary N) is 1. The van der Waals surface area contributed by atoms with E-state index in [4.69, 9.17) is 25.5 Å². The number of anilines is 2. The van der Waals surface area contributed by atoms with Crippen molar-refractivity contribution < 1.29 is 9.13 Å². The Morgan fingerprint density at radius 1 is 0.846 bits per heavy atom. The Morgan fingerprint density at radius 2 is 1.51 bits per heavy atom. The third kappa shape index (κ3) is 5.13. The number of nitrogen functional groups attached to an aromatic ring is 1. The molecule has 0 atom stereocenters. The second-order valence-electron chi connectivity index (χ2n) is 9.69. The maximum Gasteiger partial charge on any atom is 0.228 e. The van der Waals surface area contributed by atoms with Gasteiger partial charge >= 0.3 is 0 Å². The van der Waals surface area contributed by atoms with Crippen molar-refractivity contribution in [2.75, 3.05) is 43.9 Å². The van der Waals surface area contributed by atoms with Gasteiger partial charge in [0, 0.05) is 44.4 Å². The van der Waals surface area contributed by atoms with E-state index in [-0.39, 0.29) is 0 Å². The van der Waals surface area contributed by atoms with Crippen LogP contribution in [0, 0.1) is 5.82 Å². The fourth-order valence-corrected chi connectivity index (χ4v) is 5.02. The van der Waals surface area contributed by atoms with Gasteiger partial charge in [-0.15, -0.1) is 5.10 Å². The summed E-state index contributed by atoms with van der Waals surface area (Å²) in [6.45, 7) is 4.62. The topological polar surface area (TPSA) is 85.3 Å². The monoisotopic (exact) mass is 523 g/mol. The summed E-state index contributed by atoms with van der Waals surface area (Å²) in [4.78, 5) is 14.3. The van der Waals surface area contributed by atoms with Crippen molar-refractivity contribution in [2.24, 2.45) is 0 Å². The van der Waals surface area contributed by atoms with Crippen LogP contribution in [0.15, 0.2) is 78.9 Å². The molecular formula is C30H30FN7O. The van der Waals surface area contributed by atoms with Crippen molar-refractivity contribution in [3.8, 4) is 17.0 Å². The number of benzene rings is 3. The van der Waals surface area contributed by atoms with Crippen LogP contribution < -0.4 is 15.4 Å². The zero-order chi connectivity index (χ0) is 26.8. The zero-order valence-corrected chi connectivity index (χ0v) is 21.8. The SMILES string of the molecule is COc1ccc(-c2nc(N3CCN(Cc4ccccc4)CC3)nc3nn(Cc4ccccc4)c(N)c23)c(F)c1. The molecule has 6 rings (SSSR count). The summed E-state index contributed by atoms with van der Waals surface area (Å²) in [7, 11) is 1.51. The lowest BCUT2D eigenvalue weighted by molar-refractivity contribution is 0.249. The molecule has 0 unspecified atom stereocenters. The lowest BCUT2D eigenvalue weighted by Gasteiger charge is -2.34. The summed E-state index contributed by atoms with van der Waals surface area (Å²) in [6, 6.07) is 25.2. The van der Waals surface area contributed by atoms with Crippen LogP contribution >= 0.6 is 0 Å². The van der Waals surface area contributed by atoms with E-state index in [0.29, 0.717) is 46.4 Å². The van der Waals surface area contributed by atoms with Crippen molar-refractivity contribution >= 4 is 22.8 Å². The van der Waals surface area contributed by atoms with Crippen LogP contribution in [0.3, 0.4) is 0 Å². The Hall–Kier alpha value is -4.50. The van der Waals surface area contributed by atoms with Crippen LogP contribution in [0.2, 0.25) is 0 Å². The molecule has 3 heterocycles. The van der Waals surface area contributed by atoms with Gasteiger partial charge in [0.15, 0.2) is 5.65 Å². The third-order valence-electron chi connectivity index (χ3n) is 7.14. The molecule has 0 aliphatic carbocycles. The van der Waals surface area contributed by atoms with E-state index >= 15 is 4.39 Å². The van der Waals surface area contributed by atoms with Crippen molar-refractivity contribution in [2.45, 2.75) is 13.1 Å². The average molecular weight is 524 g/mol. The highest BCUT2D eigenvalue weighted by atomic mass is 19.1. The van der Waals surface area contributed by atoms with Crippen LogP contribution in [0.4, 0.5) is 16.2 Å². The van der Waals surface area contributed by atoms with Crippen LogP contribution in [0.1, 0.15) is 11.1 Å². The van der Waals surface area contributed by atoms with Crippen molar-refractivity contribution in [3.63, 3.8) is 0 Å². The van der Waals surface area contributed by atoms with Crippen LogP contribution in [0.25, 0.3) is 22.3 Å². The Morgan fingerprint density at radius 3 is 2.15 bits per heavy atom. The molecule has 1 aliphatic heterocycles. The number of halogens is 1. The van der Waals surface area contributed by atoms with E-state index < -0.39 is 5.82 Å². The van der Waals surface area contributed by atoms with Crippen molar-refractivity contribution in [3.05, 3.63) is 95.8 Å². The smallest absolute Gasteiger partial charge is 0.228 e. The number of rotatable bonds is 7. The number of methoxy groups -OCH3 is 1. The van der Waals surface area contributed by atoms with Crippen molar-refractivity contribution in [1.82, 2.24) is 24.6 Å². The first-order valence-electron chi connectivity index (χ1n) is 13.0. The van der Waals surface area contributed by atoms with Gasteiger partial charge in [-0.25, -0.2) is 14.1 Å². The molecule has 0 spiro atoms. The first kappa shape index (κ1) is 24.8. The van der Waals surface area contributed by atoms with Gasteiger partial charge in [0.1, 0.15) is 17.4 Å². The Kier molecular flexibility index (Phi) is 6.81. The van der Waals surface area contributed by atoms with Gasteiger partial charge < -0.3 is 15.4 Å². The van der Waals surface area contributed by atoms with Crippen molar-refractivity contribution in [1.29, 1.82) is 0 Å². The molecule has 0 saturated carbocycles. The Balaban J connectivity index is 1.36. The highest BCUT2D eigenvalue weighted by molar-refractivity contribution is 5.99. The first-order valence-corrected chi connectivity index (χ1v) is 13.0. The molecule has 2 N–H and O–H groups in total. The molecule has 5 aromatic rings. The van der Waals surface area contributed by atoms with Gasteiger partial charge in [0.2, 0.25) is 5.95 Å². The molecular weight excluding hydrogens is 493 g/mol. The predicted octanol–water partition coefficient (Wildman–Crippen LogP) is 4.59. The van der Waals surface area contributed by atoms with E-state index in [9.17, 15) is 0 Å². The Labute approximate surface area is 226 Å². The minimum atomic E-state index is -0.441. The molecule has 8 nitrogen and oxygen atoms in total. The molecule has 1 fully saturated rings.